The standard InChI is InChI=1S/C15H27N3O6S/c1-15(2,3)24-14(21)16-8-10-18(11-9-16)25(22,23)17-6-4-12(5-7-17)13(19)20/h12H,4-11H2,1-3H3,(H,19,20). The molecule has 10 heteroatoms. The number of piperidine rings is 1. The van der Waals surface area contributed by atoms with E-state index in [1.54, 1.807) is 20.8 Å². The van der Waals surface area contributed by atoms with Crippen LogP contribution in [-0.2, 0) is 19.7 Å². The molecule has 2 fully saturated rings. The van der Waals surface area contributed by atoms with Crippen molar-refractivity contribution in [2.24, 2.45) is 5.92 Å². The molecule has 0 bridgehead atoms. The monoisotopic (exact) mass is 377 g/mol. The lowest BCUT2D eigenvalue weighted by atomic mass is 9.99. The summed E-state index contributed by atoms with van der Waals surface area (Å²) in [6.45, 7) is 6.75. The number of carboxylic acids is 1. The molecular weight excluding hydrogens is 350 g/mol. The molecular formula is C15H27N3O6S. The second-order valence-corrected chi connectivity index (χ2v) is 9.31. The van der Waals surface area contributed by atoms with Crippen molar-refractivity contribution in [3.05, 3.63) is 0 Å². The zero-order valence-corrected chi connectivity index (χ0v) is 15.8. The molecule has 2 heterocycles. The summed E-state index contributed by atoms with van der Waals surface area (Å²) < 4.78 is 33.4. The highest BCUT2D eigenvalue weighted by atomic mass is 32.2. The minimum Gasteiger partial charge on any atom is -0.481 e. The van der Waals surface area contributed by atoms with Gasteiger partial charge in [0, 0.05) is 39.3 Å². The van der Waals surface area contributed by atoms with Crippen molar-refractivity contribution in [2.45, 2.75) is 39.2 Å². The Bertz CT molecular complexity index is 599. The van der Waals surface area contributed by atoms with Gasteiger partial charge in [-0.1, -0.05) is 0 Å². The number of aliphatic carboxylic acids is 1. The Morgan fingerprint density at radius 1 is 0.960 bits per heavy atom. The Kier molecular flexibility index (Phi) is 5.95. The highest BCUT2D eigenvalue weighted by Crippen LogP contribution is 2.22. The number of carbonyl (C=O) groups is 2. The average molecular weight is 377 g/mol. The molecule has 0 atom stereocenters. The van der Waals surface area contributed by atoms with Crippen LogP contribution in [0.2, 0.25) is 0 Å². The molecule has 1 amide bonds. The minimum atomic E-state index is -3.62. The van der Waals surface area contributed by atoms with Gasteiger partial charge in [0.1, 0.15) is 5.60 Å². The number of ether oxygens (including phenoxy) is 1. The predicted molar refractivity (Wildman–Crippen MR) is 90.2 cm³/mol. The molecule has 0 aromatic carbocycles. The number of piperazine rings is 1. The molecule has 0 aromatic heterocycles. The SMILES string of the molecule is CC(C)(C)OC(=O)N1CCN(S(=O)(=O)N2CCC(C(=O)O)CC2)CC1. The van der Waals surface area contributed by atoms with Gasteiger partial charge in [0.25, 0.3) is 10.2 Å². The molecule has 2 aliphatic rings. The lowest BCUT2D eigenvalue weighted by molar-refractivity contribution is -0.142. The van der Waals surface area contributed by atoms with Crippen LogP contribution in [0.25, 0.3) is 0 Å². The maximum atomic E-state index is 12.7. The molecule has 2 saturated heterocycles. The molecule has 2 aliphatic heterocycles. The van der Waals surface area contributed by atoms with Crippen LogP contribution in [0.4, 0.5) is 4.79 Å². The molecule has 0 aromatic rings. The number of nitrogens with zero attached hydrogens (tertiary/aromatic N) is 3. The Labute approximate surface area is 148 Å². The minimum absolute atomic E-state index is 0.209. The smallest absolute Gasteiger partial charge is 0.410 e. The van der Waals surface area contributed by atoms with Crippen LogP contribution in [0.5, 0.6) is 0 Å². The van der Waals surface area contributed by atoms with E-state index in [0.29, 0.717) is 12.8 Å². The molecule has 25 heavy (non-hydrogen) atoms. The molecule has 1 N–H and O–H groups in total. The number of rotatable bonds is 3. The molecule has 0 radical (unpaired) electrons. The maximum absolute atomic E-state index is 12.7. The van der Waals surface area contributed by atoms with Crippen molar-refractivity contribution in [1.82, 2.24) is 13.5 Å². The Morgan fingerprint density at radius 3 is 1.88 bits per heavy atom. The Balaban J connectivity index is 1.89. The van der Waals surface area contributed by atoms with Gasteiger partial charge in [0.2, 0.25) is 0 Å². The summed E-state index contributed by atoms with van der Waals surface area (Å²) >= 11 is 0. The van der Waals surface area contributed by atoms with E-state index in [0.717, 1.165) is 0 Å². The van der Waals surface area contributed by atoms with Crippen molar-refractivity contribution in [1.29, 1.82) is 0 Å². The maximum Gasteiger partial charge on any atom is 0.410 e. The molecule has 0 saturated carbocycles. The van der Waals surface area contributed by atoms with Crippen LogP contribution in [0.3, 0.4) is 0 Å². The van der Waals surface area contributed by atoms with Gasteiger partial charge in [-0.2, -0.15) is 17.0 Å². The Hall–Kier alpha value is -1.39. The summed E-state index contributed by atoms with van der Waals surface area (Å²) in [4.78, 5) is 24.5. The summed E-state index contributed by atoms with van der Waals surface area (Å²) in [6, 6.07) is 0. The summed E-state index contributed by atoms with van der Waals surface area (Å²) in [6.07, 6.45) is 0.214. The summed E-state index contributed by atoms with van der Waals surface area (Å²) in [5.41, 5.74) is -0.589. The van der Waals surface area contributed by atoms with Gasteiger partial charge >= 0.3 is 12.1 Å². The van der Waals surface area contributed by atoms with Crippen molar-refractivity contribution in [3.8, 4) is 0 Å². The fraction of sp³-hybridized carbons (Fsp3) is 0.867. The van der Waals surface area contributed by atoms with Crippen molar-refractivity contribution in [2.75, 3.05) is 39.3 Å². The highest BCUT2D eigenvalue weighted by Gasteiger charge is 2.37. The van der Waals surface area contributed by atoms with Crippen LogP contribution in [-0.4, -0.2) is 84.0 Å². The quantitative estimate of drug-likeness (QED) is 0.771. The summed E-state index contributed by atoms with van der Waals surface area (Å²) in [5.74, 6) is -1.35. The molecule has 0 spiro atoms. The van der Waals surface area contributed by atoms with Gasteiger partial charge in [0.15, 0.2) is 0 Å². The third kappa shape index (κ3) is 5.05. The van der Waals surface area contributed by atoms with E-state index in [-0.39, 0.29) is 39.3 Å². The lowest BCUT2D eigenvalue weighted by Crippen LogP contribution is -2.55. The van der Waals surface area contributed by atoms with E-state index in [4.69, 9.17) is 9.84 Å². The topological polar surface area (TPSA) is 107 Å². The number of hydrogen-bond acceptors (Lipinski definition) is 5. The van der Waals surface area contributed by atoms with Crippen LogP contribution in [0.1, 0.15) is 33.6 Å². The third-order valence-corrected chi connectivity index (χ3v) is 6.38. The van der Waals surface area contributed by atoms with Gasteiger partial charge in [-0.25, -0.2) is 4.79 Å². The van der Waals surface area contributed by atoms with E-state index < -0.39 is 33.8 Å². The van der Waals surface area contributed by atoms with E-state index in [1.807, 2.05) is 0 Å². The molecule has 144 valence electrons. The van der Waals surface area contributed by atoms with Gasteiger partial charge in [-0.3, -0.25) is 4.79 Å². The van der Waals surface area contributed by atoms with E-state index in [9.17, 15) is 18.0 Å². The first-order chi connectivity index (χ1) is 11.5. The number of hydrogen-bond donors (Lipinski definition) is 1. The Morgan fingerprint density at radius 2 is 1.44 bits per heavy atom. The van der Waals surface area contributed by atoms with Gasteiger partial charge in [0.05, 0.1) is 5.92 Å². The van der Waals surface area contributed by atoms with E-state index in [1.165, 1.54) is 13.5 Å². The van der Waals surface area contributed by atoms with Gasteiger partial charge < -0.3 is 14.7 Å². The molecule has 9 nitrogen and oxygen atoms in total. The zero-order chi connectivity index (χ0) is 18.8. The highest BCUT2D eigenvalue weighted by molar-refractivity contribution is 7.86. The van der Waals surface area contributed by atoms with Crippen molar-refractivity contribution in [3.63, 3.8) is 0 Å². The first kappa shape index (κ1) is 19.9. The fourth-order valence-corrected chi connectivity index (χ4v) is 4.55. The third-order valence-electron chi connectivity index (χ3n) is 4.35. The zero-order valence-electron chi connectivity index (χ0n) is 15.0. The predicted octanol–water partition coefficient (Wildman–Crippen LogP) is 0.581. The largest absolute Gasteiger partial charge is 0.481 e. The first-order valence-electron chi connectivity index (χ1n) is 8.46. The normalized spacial score (nSPS) is 22.0. The summed E-state index contributed by atoms with van der Waals surface area (Å²) in [5, 5.41) is 9.01. The van der Waals surface area contributed by atoms with Crippen molar-refractivity contribution < 1.29 is 27.9 Å². The number of carbonyl (C=O) groups excluding carboxylic acids is 1. The van der Waals surface area contributed by atoms with E-state index >= 15 is 0 Å². The first-order valence-corrected chi connectivity index (χ1v) is 9.86. The molecule has 0 aliphatic carbocycles. The molecule has 2 rings (SSSR count). The van der Waals surface area contributed by atoms with Gasteiger partial charge in [-0.15, -0.1) is 0 Å². The number of carboxylic acid groups (broad SMARTS) is 1. The van der Waals surface area contributed by atoms with Crippen molar-refractivity contribution >= 4 is 22.3 Å². The fourth-order valence-electron chi connectivity index (χ4n) is 2.92. The second kappa shape index (κ2) is 7.46. The van der Waals surface area contributed by atoms with Crippen LogP contribution in [0, 0.1) is 5.92 Å². The van der Waals surface area contributed by atoms with Crippen LogP contribution < -0.4 is 0 Å². The molecule has 0 unspecified atom stereocenters. The summed E-state index contributed by atoms with van der Waals surface area (Å²) in [7, 11) is -3.62. The lowest BCUT2D eigenvalue weighted by Gasteiger charge is -2.38. The van der Waals surface area contributed by atoms with Crippen LogP contribution in [0.15, 0.2) is 0 Å². The van der Waals surface area contributed by atoms with Crippen LogP contribution >= 0.6 is 0 Å². The second-order valence-electron chi connectivity index (χ2n) is 7.39. The van der Waals surface area contributed by atoms with Gasteiger partial charge in [-0.05, 0) is 33.6 Å². The average Bonchev–Trinajstić information content (AvgIpc) is 2.53. The number of amides is 1. The van der Waals surface area contributed by atoms with E-state index in [2.05, 4.69) is 0 Å².